The molecule has 1 N–H and O–H groups in total. The van der Waals surface area contributed by atoms with Gasteiger partial charge in [0.15, 0.2) is 11.2 Å². The molecule has 0 aliphatic heterocycles. The number of rotatable bonds is 4. The van der Waals surface area contributed by atoms with E-state index in [0.717, 1.165) is 15.8 Å². The Morgan fingerprint density at radius 3 is 2.83 bits per heavy atom. The lowest BCUT2D eigenvalue weighted by atomic mass is 10.2. The Hall–Kier alpha value is -2.11. The number of aromatic nitrogens is 1. The summed E-state index contributed by atoms with van der Waals surface area (Å²) in [5.74, 6) is 0.403. The maximum atomic E-state index is 12.3. The minimum atomic E-state index is -0.637. The highest BCUT2D eigenvalue weighted by Crippen LogP contribution is 2.26. The summed E-state index contributed by atoms with van der Waals surface area (Å²) in [5.41, 5.74) is 1.76. The van der Waals surface area contributed by atoms with Gasteiger partial charge >= 0.3 is 0 Å². The lowest BCUT2D eigenvalue weighted by molar-refractivity contribution is -0.122. The number of hydrogen-bond donors (Lipinski definition) is 1. The number of amides is 1. The van der Waals surface area contributed by atoms with Crippen LogP contribution in [0, 0.1) is 6.92 Å². The Morgan fingerprint density at radius 1 is 1.30 bits per heavy atom. The molecule has 23 heavy (non-hydrogen) atoms. The number of carbonyl (C=O) groups excluding carboxylic acids is 1. The van der Waals surface area contributed by atoms with Crippen molar-refractivity contribution in [2.45, 2.75) is 20.0 Å². The number of hydrogen-bond acceptors (Lipinski definition) is 4. The minimum absolute atomic E-state index is 0.238. The van der Waals surface area contributed by atoms with Crippen LogP contribution >= 0.6 is 22.9 Å². The van der Waals surface area contributed by atoms with Crippen LogP contribution in [-0.4, -0.2) is 17.0 Å². The number of benzene rings is 2. The molecule has 0 bridgehead atoms. The molecule has 1 amide bonds. The van der Waals surface area contributed by atoms with Gasteiger partial charge in [-0.25, -0.2) is 4.98 Å². The highest BCUT2D eigenvalue weighted by atomic mass is 35.5. The number of anilines is 1. The number of nitrogens with zero attached hydrogens (tertiary/aromatic N) is 1. The van der Waals surface area contributed by atoms with Gasteiger partial charge in [0.2, 0.25) is 0 Å². The van der Waals surface area contributed by atoms with Crippen molar-refractivity contribution in [1.29, 1.82) is 0 Å². The summed E-state index contributed by atoms with van der Waals surface area (Å²) in [4.78, 5) is 16.7. The Morgan fingerprint density at radius 2 is 2.09 bits per heavy atom. The van der Waals surface area contributed by atoms with E-state index >= 15 is 0 Å². The SMILES string of the molecule is Cc1cc(Cl)ccc1O[C@H](C)C(=O)Nc1nc2ccccc2s1. The molecular formula is C17H15ClN2O2S. The van der Waals surface area contributed by atoms with Gasteiger partial charge in [-0.15, -0.1) is 0 Å². The van der Waals surface area contributed by atoms with Crippen LogP contribution < -0.4 is 10.1 Å². The van der Waals surface area contributed by atoms with Crippen LogP contribution in [0.2, 0.25) is 5.02 Å². The van der Waals surface area contributed by atoms with E-state index in [9.17, 15) is 4.79 Å². The molecule has 1 atom stereocenters. The number of fused-ring (bicyclic) bond motifs is 1. The van der Waals surface area contributed by atoms with Crippen LogP contribution in [-0.2, 0) is 4.79 Å². The first kappa shape index (κ1) is 15.8. The van der Waals surface area contributed by atoms with Crippen molar-refractivity contribution in [3.63, 3.8) is 0 Å². The van der Waals surface area contributed by atoms with E-state index in [1.54, 1.807) is 25.1 Å². The Labute approximate surface area is 143 Å². The van der Waals surface area contributed by atoms with Crippen LogP contribution in [0.5, 0.6) is 5.75 Å². The summed E-state index contributed by atoms with van der Waals surface area (Å²) in [6.45, 7) is 3.59. The average Bonchev–Trinajstić information content (AvgIpc) is 2.92. The number of thiazole rings is 1. The van der Waals surface area contributed by atoms with Crippen LogP contribution in [0.3, 0.4) is 0 Å². The molecule has 1 heterocycles. The molecule has 0 unspecified atom stereocenters. The molecule has 6 heteroatoms. The molecule has 2 aromatic carbocycles. The van der Waals surface area contributed by atoms with Gasteiger partial charge in [0.1, 0.15) is 5.75 Å². The molecular weight excluding hydrogens is 332 g/mol. The van der Waals surface area contributed by atoms with E-state index in [2.05, 4.69) is 10.3 Å². The first-order valence-electron chi connectivity index (χ1n) is 7.12. The van der Waals surface area contributed by atoms with Gasteiger partial charge in [-0.3, -0.25) is 10.1 Å². The highest BCUT2D eigenvalue weighted by molar-refractivity contribution is 7.22. The molecule has 0 radical (unpaired) electrons. The predicted molar refractivity (Wildman–Crippen MR) is 94.5 cm³/mol. The molecule has 0 aliphatic rings. The third-order valence-corrected chi connectivity index (χ3v) is 4.52. The summed E-state index contributed by atoms with van der Waals surface area (Å²) < 4.78 is 6.75. The normalized spacial score (nSPS) is 12.1. The molecule has 0 saturated carbocycles. The number of halogens is 1. The molecule has 3 rings (SSSR count). The smallest absolute Gasteiger partial charge is 0.266 e. The van der Waals surface area contributed by atoms with Crippen molar-refractivity contribution >= 4 is 44.2 Å². The first-order valence-corrected chi connectivity index (χ1v) is 8.31. The van der Waals surface area contributed by atoms with Gasteiger partial charge in [0.25, 0.3) is 5.91 Å². The number of para-hydroxylation sites is 1. The van der Waals surface area contributed by atoms with Gasteiger partial charge in [0.05, 0.1) is 10.2 Å². The maximum absolute atomic E-state index is 12.3. The fourth-order valence-electron chi connectivity index (χ4n) is 2.12. The summed E-state index contributed by atoms with van der Waals surface area (Å²) in [7, 11) is 0. The standard InChI is InChI=1S/C17H15ClN2O2S/c1-10-9-12(18)7-8-14(10)22-11(2)16(21)20-17-19-13-5-3-4-6-15(13)23-17/h3-9,11H,1-2H3,(H,19,20,21)/t11-/m1/s1. The third kappa shape index (κ3) is 3.63. The summed E-state index contributed by atoms with van der Waals surface area (Å²) >= 11 is 7.36. The monoisotopic (exact) mass is 346 g/mol. The zero-order valence-corrected chi connectivity index (χ0v) is 14.2. The molecule has 118 valence electrons. The molecule has 1 aromatic heterocycles. The molecule has 4 nitrogen and oxygen atoms in total. The topological polar surface area (TPSA) is 51.2 Å². The molecule has 3 aromatic rings. The van der Waals surface area contributed by atoms with Gasteiger partial charge in [0, 0.05) is 5.02 Å². The van der Waals surface area contributed by atoms with E-state index < -0.39 is 6.10 Å². The molecule has 0 spiro atoms. The number of ether oxygens (including phenoxy) is 1. The lowest BCUT2D eigenvalue weighted by Gasteiger charge is -2.15. The average molecular weight is 347 g/mol. The van der Waals surface area contributed by atoms with E-state index in [1.807, 2.05) is 31.2 Å². The summed E-state index contributed by atoms with van der Waals surface area (Å²) in [6.07, 6.45) is -0.637. The minimum Gasteiger partial charge on any atom is -0.481 e. The van der Waals surface area contributed by atoms with Crippen molar-refractivity contribution in [2.75, 3.05) is 5.32 Å². The van der Waals surface area contributed by atoms with E-state index in [0.29, 0.717) is 15.9 Å². The van der Waals surface area contributed by atoms with E-state index in [-0.39, 0.29) is 5.91 Å². The number of carbonyl (C=O) groups is 1. The Balaban J connectivity index is 1.69. The second kappa shape index (κ2) is 6.56. The zero-order chi connectivity index (χ0) is 16.4. The van der Waals surface area contributed by atoms with Crippen molar-refractivity contribution in [3.05, 3.63) is 53.1 Å². The van der Waals surface area contributed by atoms with Gasteiger partial charge in [-0.05, 0) is 49.7 Å². The fraction of sp³-hybridized carbons (Fsp3) is 0.176. The van der Waals surface area contributed by atoms with Crippen molar-refractivity contribution in [3.8, 4) is 5.75 Å². The van der Waals surface area contributed by atoms with Crippen LogP contribution in [0.1, 0.15) is 12.5 Å². The van der Waals surface area contributed by atoms with Gasteiger partial charge in [-0.1, -0.05) is 35.1 Å². The lowest BCUT2D eigenvalue weighted by Crippen LogP contribution is -2.30. The Kier molecular flexibility index (Phi) is 4.50. The quantitative estimate of drug-likeness (QED) is 0.747. The number of nitrogens with one attached hydrogen (secondary N) is 1. The largest absolute Gasteiger partial charge is 0.481 e. The molecule has 0 saturated heterocycles. The van der Waals surface area contributed by atoms with E-state index in [4.69, 9.17) is 16.3 Å². The maximum Gasteiger partial charge on any atom is 0.266 e. The number of aryl methyl sites for hydroxylation is 1. The summed E-state index contributed by atoms with van der Waals surface area (Å²) in [5, 5.41) is 4.01. The molecule has 0 aliphatic carbocycles. The van der Waals surface area contributed by atoms with Gasteiger partial charge < -0.3 is 4.74 Å². The van der Waals surface area contributed by atoms with Crippen molar-refractivity contribution in [2.24, 2.45) is 0 Å². The highest BCUT2D eigenvalue weighted by Gasteiger charge is 2.17. The third-order valence-electron chi connectivity index (χ3n) is 3.33. The van der Waals surface area contributed by atoms with Crippen LogP contribution in [0.4, 0.5) is 5.13 Å². The van der Waals surface area contributed by atoms with Gasteiger partial charge in [-0.2, -0.15) is 0 Å². The second-order valence-electron chi connectivity index (χ2n) is 5.15. The Bertz CT molecular complexity index is 830. The molecule has 0 fully saturated rings. The van der Waals surface area contributed by atoms with Crippen molar-refractivity contribution < 1.29 is 9.53 Å². The zero-order valence-electron chi connectivity index (χ0n) is 12.7. The predicted octanol–water partition coefficient (Wildman–Crippen LogP) is 4.66. The van der Waals surface area contributed by atoms with Crippen LogP contribution in [0.25, 0.3) is 10.2 Å². The fourth-order valence-corrected chi connectivity index (χ4v) is 3.22. The summed E-state index contributed by atoms with van der Waals surface area (Å²) in [6, 6.07) is 13.1. The van der Waals surface area contributed by atoms with Crippen molar-refractivity contribution in [1.82, 2.24) is 4.98 Å². The van der Waals surface area contributed by atoms with E-state index in [1.165, 1.54) is 11.3 Å². The first-order chi connectivity index (χ1) is 11.0. The van der Waals surface area contributed by atoms with Crippen LogP contribution in [0.15, 0.2) is 42.5 Å². The second-order valence-corrected chi connectivity index (χ2v) is 6.61.